The van der Waals surface area contributed by atoms with E-state index in [-0.39, 0.29) is 6.61 Å². The van der Waals surface area contributed by atoms with E-state index >= 15 is 0 Å². The molecule has 0 aliphatic carbocycles. The van der Waals surface area contributed by atoms with Crippen molar-refractivity contribution in [2.75, 3.05) is 6.61 Å². The van der Waals surface area contributed by atoms with E-state index in [0.717, 1.165) is 12.5 Å². The summed E-state index contributed by atoms with van der Waals surface area (Å²) in [6.45, 7) is 2.06. The number of hydrogen-bond donors (Lipinski definition) is 2. The van der Waals surface area contributed by atoms with E-state index in [2.05, 4.69) is 5.16 Å². The summed E-state index contributed by atoms with van der Waals surface area (Å²) in [5.41, 5.74) is 0.757. The molecule has 1 aromatic carbocycles. The Bertz CT molecular complexity index is 635. The van der Waals surface area contributed by atoms with Crippen molar-refractivity contribution in [3.63, 3.8) is 0 Å². The van der Waals surface area contributed by atoms with Crippen molar-refractivity contribution in [3.05, 3.63) is 35.9 Å². The topological polar surface area (TPSA) is 124 Å². The van der Waals surface area contributed by atoms with E-state index in [0.29, 0.717) is 0 Å². The molecule has 0 aromatic heterocycles. The predicted molar refractivity (Wildman–Crippen MR) is 88.0 cm³/mol. The Hall–Kier alpha value is -2.49. The normalized spacial score (nSPS) is 28.5. The molecule has 1 fully saturated rings. The van der Waals surface area contributed by atoms with Gasteiger partial charge >= 0.3 is 11.9 Å². The molecule has 1 aliphatic heterocycles. The van der Waals surface area contributed by atoms with Gasteiger partial charge in [0.1, 0.15) is 24.9 Å². The van der Waals surface area contributed by atoms with Crippen molar-refractivity contribution in [2.24, 2.45) is 5.16 Å². The summed E-state index contributed by atoms with van der Waals surface area (Å²) in [6.07, 6.45) is -5.22. The second kappa shape index (κ2) is 9.27. The predicted octanol–water partition coefficient (Wildman–Crippen LogP) is -0.0214. The van der Waals surface area contributed by atoms with E-state index in [1.54, 1.807) is 12.1 Å². The molecular weight excluding hydrogens is 346 g/mol. The molecule has 1 aromatic rings. The molecule has 1 heterocycles. The van der Waals surface area contributed by atoms with E-state index in [1.165, 1.54) is 13.1 Å². The molecule has 9 nitrogen and oxygen atoms in total. The molecule has 1 saturated heterocycles. The first kappa shape index (κ1) is 19.8. The highest BCUT2D eigenvalue weighted by Crippen LogP contribution is 2.25. The summed E-state index contributed by atoms with van der Waals surface area (Å²) >= 11 is 0. The lowest BCUT2D eigenvalue weighted by molar-refractivity contribution is -0.303. The number of nitrogens with zero attached hydrogens (tertiary/aromatic N) is 1. The number of aliphatic hydroxyl groups excluding tert-OH is 2. The van der Waals surface area contributed by atoms with Crippen molar-refractivity contribution in [3.8, 4) is 0 Å². The van der Waals surface area contributed by atoms with Gasteiger partial charge in [-0.25, -0.2) is 0 Å². The molecule has 9 heteroatoms. The molecule has 1 aliphatic rings. The number of ether oxygens (including phenoxy) is 3. The van der Waals surface area contributed by atoms with Gasteiger partial charge in [0.15, 0.2) is 6.10 Å². The number of oxime groups is 1. The van der Waals surface area contributed by atoms with Crippen LogP contribution in [0.15, 0.2) is 35.5 Å². The van der Waals surface area contributed by atoms with Gasteiger partial charge in [-0.05, 0) is 5.56 Å². The van der Waals surface area contributed by atoms with Gasteiger partial charge in [0.2, 0.25) is 0 Å². The molecule has 0 radical (unpaired) electrons. The third-order valence-electron chi connectivity index (χ3n) is 3.56. The van der Waals surface area contributed by atoms with Gasteiger partial charge in [-0.15, -0.1) is 0 Å². The standard InChI is InChI=1S/C17H21NO8/c1-10(19)23-9-13-16(24-11(2)20)14(21)15(22)17(25-13)26-18-8-12-6-4-3-5-7-12/h3-8,13-17,21-22H,9H2,1-2H3/b18-8+/t13-,14-,15+,16-,17-/m1/s1. The van der Waals surface area contributed by atoms with Gasteiger partial charge in [0, 0.05) is 13.8 Å². The van der Waals surface area contributed by atoms with Gasteiger partial charge < -0.3 is 29.3 Å². The summed E-state index contributed by atoms with van der Waals surface area (Å²) in [5, 5.41) is 24.1. The van der Waals surface area contributed by atoms with Gasteiger partial charge in [-0.1, -0.05) is 35.5 Å². The van der Waals surface area contributed by atoms with Crippen LogP contribution in [0.3, 0.4) is 0 Å². The van der Waals surface area contributed by atoms with Gasteiger partial charge in [-0.3, -0.25) is 9.59 Å². The second-order valence-electron chi connectivity index (χ2n) is 5.65. The summed E-state index contributed by atoms with van der Waals surface area (Å²) in [7, 11) is 0. The number of carbonyl (C=O) groups is 2. The highest BCUT2D eigenvalue weighted by atomic mass is 16.8. The number of aliphatic hydroxyl groups is 2. The smallest absolute Gasteiger partial charge is 0.303 e. The van der Waals surface area contributed by atoms with E-state index in [9.17, 15) is 19.8 Å². The molecule has 26 heavy (non-hydrogen) atoms. The van der Waals surface area contributed by atoms with Crippen molar-refractivity contribution in [1.29, 1.82) is 0 Å². The Morgan fingerprint density at radius 2 is 1.85 bits per heavy atom. The first-order chi connectivity index (χ1) is 12.4. The Balaban J connectivity index is 2.06. The zero-order valence-electron chi connectivity index (χ0n) is 14.3. The molecule has 2 rings (SSSR count). The molecule has 0 unspecified atom stereocenters. The molecular formula is C17H21NO8. The first-order valence-electron chi connectivity index (χ1n) is 7.95. The van der Waals surface area contributed by atoms with Gasteiger partial charge in [0.25, 0.3) is 6.29 Å². The minimum atomic E-state index is -1.53. The zero-order valence-corrected chi connectivity index (χ0v) is 14.3. The Kier molecular flexibility index (Phi) is 7.07. The molecule has 0 spiro atoms. The largest absolute Gasteiger partial charge is 0.463 e. The fraction of sp³-hybridized carbons (Fsp3) is 0.471. The van der Waals surface area contributed by atoms with E-state index in [4.69, 9.17) is 19.0 Å². The molecule has 142 valence electrons. The number of esters is 2. The van der Waals surface area contributed by atoms with Crippen LogP contribution in [0.2, 0.25) is 0 Å². The Morgan fingerprint density at radius 3 is 2.46 bits per heavy atom. The minimum absolute atomic E-state index is 0.292. The molecule has 0 saturated carbocycles. The maximum Gasteiger partial charge on any atom is 0.303 e. The van der Waals surface area contributed by atoms with Gasteiger partial charge in [0.05, 0.1) is 6.21 Å². The van der Waals surface area contributed by atoms with E-state index in [1.807, 2.05) is 18.2 Å². The quantitative estimate of drug-likeness (QED) is 0.408. The van der Waals surface area contributed by atoms with Crippen LogP contribution in [-0.4, -0.2) is 65.7 Å². The zero-order chi connectivity index (χ0) is 19.1. The third kappa shape index (κ3) is 5.51. The van der Waals surface area contributed by atoms with Crippen LogP contribution in [0, 0.1) is 0 Å². The van der Waals surface area contributed by atoms with E-state index < -0.39 is 42.6 Å². The highest BCUT2D eigenvalue weighted by Gasteiger charge is 2.48. The summed E-state index contributed by atoms with van der Waals surface area (Å²) in [4.78, 5) is 27.4. The lowest BCUT2D eigenvalue weighted by Crippen LogP contribution is -2.60. The fourth-order valence-electron chi connectivity index (χ4n) is 2.35. The third-order valence-corrected chi connectivity index (χ3v) is 3.56. The van der Waals surface area contributed by atoms with Crippen LogP contribution in [0.5, 0.6) is 0 Å². The van der Waals surface area contributed by atoms with Crippen LogP contribution < -0.4 is 0 Å². The molecule has 5 atom stereocenters. The number of rotatable bonds is 6. The lowest BCUT2D eigenvalue weighted by Gasteiger charge is -2.40. The van der Waals surface area contributed by atoms with Crippen LogP contribution in [0.4, 0.5) is 0 Å². The van der Waals surface area contributed by atoms with Crippen molar-refractivity contribution >= 4 is 18.2 Å². The maximum absolute atomic E-state index is 11.2. The summed E-state index contributed by atoms with van der Waals surface area (Å²) < 4.78 is 15.3. The van der Waals surface area contributed by atoms with Crippen LogP contribution in [-0.2, 0) is 28.6 Å². The van der Waals surface area contributed by atoms with Crippen LogP contribution in [0.1, 0.15) is 19.4 Å². The van der Waals surface area contributed by atoms with Crippen LogP contribution in [0.25, 0.3) is 0 Å². The number of hydrogen-bond acceptors (Lipinski definition) is 9. The molecule has 2 N–H and O–H groups in total. The van der Waals surface area contributed by atoms with Crippen LogP contribution >= 0.6 is 0 Å². The number of benzene rings is 1. The van der Waals surface area contributed by atoms with Crippen molar-refractivity contribution < 1.29 is 38.9 Å². The average Bonchev–Trinajstić information content (AvgIpc) is 2.60. The number of carbonyl (C=O) groups excluding carboxylic acids is 2. The first-order valence-corrected chi connectivity index (χ1v) is 7.95. The lowest BCUT2D eigenvalue weighted by atomic mass is 9.99. The SMILES string of the molecule is CC(=O)OC[C@H]1O[C@H](O/N=C/c2ccccc2)[C@@H](O)[C@@H](O)[C@@H]1OC(C)=O. The maximum atomic E-state index is 11.2. The Labute approximate surface area is 150 Å². The summed E-state index contributed by atoms with van der Waals surface area (Å²) in [5.74, 6) is -1.26. The van der Waals surface area contributed by atoms with Gasteiger partial charge in [-0.2, -0.15) is 0 Å². The highest BCUT2D eigenvalue weighted by molar-refractivity contribution is 5.78. The molecule has 0 bridgehead atoms. The minimum Gasteiger partial charge on any atom is -0.463 e. The summed E-state index contributed by atoms with van der Waals surface area (Å²) in [6, 6.07) is 9.06. The van der Waals surface area contributed by atoms with Crippen molar-refractivity contribution in [2.45, 2.75) is 44.6 Å². The van der Waals surface area contributed by atoms with Crippen molar-refractivity contribution in [1.82, 2.24) is 0 Å². The second-order valence-corrected chi connectivity index (χ2v) is 5.65. The molecule has 0 amide bonds. The Morgan fingerprint density at radius 1 is 1.15 bits per heavy atom. The fourth-order valence-corrected chi connectivity index (χ4v) is 2.35. The average molecular weight is 367 g/mol. The monoisotopic (exact) mass is 367 g/mol.